The highest BCUT2D eigenvalue weighted by Crippen LogP contribution is 2.32. The van der Waals surface area contributed by atoms with E-state index < -0.39 is 6.09 Å². The average molecular weight is 380 g/mol. The number of hydrogen-bond donors (Lipinski definition) is 1. The summed E-state index contributed by atoms with van der Waals surface area (Å²) in [6.07, 6.45) is 1.92. The molecule has 28 heavy (non-hydrogen) atoms. The Balaban J connectivity index is 1.65. The third-order valence-electron chi connectivity index (χ3n) is 5.22. The normalized spacial score (nSPS) is 19.8. The number of nitrogens with zero attached hydrogens (tertiary/aromatic N) is 1. The molecule has 2 atom stereocenters. The maximum absolute atomic E-state index is 11.9. The van der Waals surface area contributed by atoms with E-state index in [2.05, 4.69) is 46.6 Å². The Labute approximate surface area is 166 Å². The first kappa shape index (κ1) is 20.1. The summed E-state index contributed by atoms with van der Waals surface area (Å²) in [4.78, 5) is 25.8. The molecule has 3 rings (SSSR count). The van der Waals surface area contributed by atoms with Crippen molar-refractivity contribution in [1.82, 2.24) is 10.2 Å². The first-order valence-corrected chi connectivity index (χ1v) is 9.99. The molecule has 1 fully saturated rings. The summed E-state index contributed by atoms with van der Waals surface area (Å²) < 4.78 is 5.53. The van der Waals surface area contributed by atoms with Gasteiger partial charge in [-0.1, -0.05) is 67.6 Å². The van der Waals surface area contributed by atoms with Gasteiger partial charge in [-0.05, 0) is 24.0 Å². The fourth-order valence-corrected chi connectivity index (χ4v) is 3.68. The Kier molecular flexibility index (Phi) is 7.20. The summed E-state index contributed by atoms with van der Waals surface area (Å²) in [6, 6.07) is 21.0. The highest BCUT2D eigenvalue weighted by atomic mass is 16.6. The Morgan fingerprint density at radius 2 is 1.75 bits per heavy atom. The number of nitrogens with one attached hydrogen (secondary N) is 1. The standard InChI is InChI=1S/C23H28N2O3/c1-2-22(26)24-23(27)28-20-14-16-25(15-13-18-9-5-3-6-10-18)21(17-20)19-11-7-4-8-12-19/h3-12,20-21H,2,13-17H2,1H3,(H,24,26,27). The van der Waals surface area contributed by atoms with Crippen LogP contribution in [0.2, 0.25) is 0 Å². The zero-order valence-corrected chi connectivity index (χ0v) is 16.3. The molecule has 1 heterocycles. The number of rotatable bonds is 6. The van der Waals surface area contributed by atoms with E-state index in [1.807, 2.05) is 24.3 Å². The molecular weight excluding hydrogens is 352 g/mol. The summed E-state index contributed by atoms with van der Waals surface area (Å²) in [6.45, 7) is 3.52. The Hall–Kier alpha value is -2.66. The zero-order chi connectivity index (χ0) is 19.8. The minimum absolute atomic E-state index is 0.192. The van der Waals surface area contributed by atoms with Gasteiger partial charge >= 0.3 is 6.09 Å². The molecule has 0 aliphatic carbocycles. The van der Waals surface area contributed by atoms with Gasteiger partial charge in [0.15, 0.2) is 0 Å². The van der Waals surface area contributed by atoms with E-state index in [1.54, 1.807) is 6.92 Å². The number of alkyl carbamates (subject to hydrolysis) is 1. The predicted molar refractivity (Wildman–Crippen MR) is 109 cm³/mol. The smallest absolute Gasteiger partial charge is 0.414 e. The third kappa shape index (κ3) is 5.67. The van der Waals surface area contributed by atoms with E-state index in [4.69, 9.17) is 4.74 Å². The number of amides is 2. The Morgan fingerprint density at radius 1 is 1.07 bits per heavy atom. The summed E-state index contributed by atoms with van der Waals surface area (Å²) in [5.41, 5.74) is 2.55. The molecule has 2 aromatic carbocycles. The second-order valence-corrected chi connectivity index (χ2v) is 7.15. The molecule has 0 saturated carbocycles. The highest BCUT2D eigenvalue weighted by Gasteiger charge is 2.31. The monoisotopic (exact) mass is 380 g/mol. The van der Waals surface area contributed by atoms with Gasteiger partial charge in [-0.15, -0.1) is 0 Å². The van der Waals surface area contributed by atoms with E-state index in [1.165, 1.54) is 11.1 Å². The van der Waals surface area contributed by atoms with Crippen LogP contribution in [0.5, 0.6) is 0 Å². The van der Waals surface area contributed by atoms with Gasteiger partial charge in [-0.3, -0.25) is 15.0 Å². The summed E-state index contributed by atoms with van der Waals surface area (Å²) in [7, 11) is 0. The maximum atomic E-state index is 11.9. The van der Waals surface area contributed by atoms with Crippen LogP contribution < -0.4 is 5.32 Å². The molecule has 1 aliphatic rings. The van der Waals surface area contributed by atoms with Crippen molar-refractivity contribution in [3.63, 3.8) is 0 Å². The molecule has 1 aliphatic heterocycles. The first-order chi connectivity index (χ1) is 13.7. The van der Waals surface area contributed by atoms with Crippen molar-refractivity contribution in [3.05, 3.63) is 71.8 Å². The lowest BCUT2D eigenvalue weighted by Gasteiger charge is -2.39. The molecule has 1 N–H and O–H groups in total. The molecule has 2 unspecified atom stereocenters. The molecule has 5 nitrogen and oxygen atoms in total. The minimum Gasteiger partial charge on any atom is -0.446 e. The Morgan fingerprint density at radius 3 is 2.43 bits per heavy atom. The number of carbonyl (C=O) groups excluding carboxylic acids is 2. The van der Waals surface area contributed by atoms with Gasteiger partial charge in [-0.2, -0.15) is 0 Å². The minimum atomic E-state index is -0.638. The molecule has 0 spiro atoms. The van der Waals surface area contributed by atoms with E-state index in [0.29, 0.717) is 0 Å². The SMILES string of the molecule is CCC(=O)NC(=O)OC1CCN(CCc2ccccc2)C(c2ccccc2)C1. The lowest BCUT2D eigenvalue weighted by atomic mass is 9.92. The summed E-state index contributed by atoms with van der Waals surface area (Å²) in [5, 5.41) is 2.28. The molecule has 1 saturated heterocycles. The molecule has 0 bridgehead atoms. The van der Waals surface area contributed by atoms with Crippen LogP contribution in [0.15, 0.2) is 60.7 Å². The molecule has 2 amide bonds. The van der Waals surface area contributed by atoms with Crippen molar-refractivity contribution < 1.29 is 14.3 Å². The fourth-order valence-electron chi connectivity index (χ4n) is 3.68. The number of ether oxygens (including phenoxy) is 1. The predicted octanol–water partition coefficient (Wildman–Crippen LogP) is 4.10. The summed E-state index contributed by atoms with van der Waals surface area (Å²) in [5.74, 6) is -0.315. The van der Waals surface area contributed by atoms with E-state index in [0.717, 1.165) is 32.4 Å². The van der Waals surface area contributed by atoms with Crippen LogP contribution >= 0.6 is 0 Å². The van der Waals surface area contributed by atoms with Crippen molar-refractivity contribution in [2.24, 2.45) is 0 Å². The van der Waals surface area contributed by atoms with Crippen molar-refractivity contribution >= 4 is 12.0 Å². The van der Waals surface area contributed by atoms with Gasteiger partial charge in [-0.25, -0.2) is 4.79 Å². The van der Waals surface area contributed by atoms with Gasteiger partial charge in [0.05, 0.1) is 0 Å². The van der Waals surface area contributed by atoms with Crippen LogP contribution in [0, 0.1) is 0 Å². The molecular formula is C23H28N2O3. The fraction of sp³-hybridized carbons (Fsp3) is 0.391. The summed E-state index contributed by atoms with van der Waals surface area (Å²) >= 11 is 0. The first-order valence-electron chi connectivity index (χ1n) is 9.99. The third-order valence-corrected chi connectivity index (χ3v) is 5.22. The number of hydrogen-bond acceptors (Lipinski definition) is 4. The molecule has 148 valence electrons. The van der Waals surface area contributed by atoms with Crippen LogP contribution in [0.4, 0.5) is 4.79 Å². The van der Waals surface area contributed by atoms with Crippen LogP contribution in [-0.2, 0) is 16.0 Å². The molecule has 2 aromatic rings. The maximum Gasteiger partial charge on any atom is 0.414 e. The quantitative estimate of drug-likeness (QED) is 0.820. The van der Waals surface area contributed by atoms with Gasteiger partial charge in [0.2, 0.25) is 5.91 Å². The van der Waals surface area contributed by atoms with E-state index in [9.17, 15) is 9.59 Å². The van der Waals surface area contributed by atoms with Gasteiger partial charge in [0.1, 0.15) is 6.10 Å². The second-order valence-electron chi connectivity index (χ2n) is 7.15. The number of carbonyl (C=O) groups is 2. The zero-order valence-electron chi connectivity index (χ0n) is 16.3. The van der Waals surface area contributed by atoms with Crippen LogP contribution in [-0.4, -0.2) is 36.1 Å². The van der Waals surface area contributed by atoms with E-state index in [-0.39, 0.29) is 24.5 Å². The topological polar surface area (TPSA) is 58.6 Å². The lowest BCUT2D eigenvalue weighted by molar-refractivity contribution is -0.120. The van der Waals surface area contributed by atoms with Crippen LogP contribution in [0.3, 0.4) is 0 Å². The van der Waals surface area contributed by atoms with Crippen LogP contribution in [0.25, 0.3) is 0 Å². The average Bonchev–Trinajstić information content (AvgIpc) is 2.74. The van der Waals surface area contributed by atoms with Gasteiger partial charge < -0.3 is 4.74 Å². The van der Waals surface area contributed by atoms with Gasteiger partial charge in [0, 0.05) is 32.0 Å². The second kappa shape index (κ2) is 10.0. The van der Waals surface area contributed by atoms with E-state index >= 15 is 0 Å². The van der Waals surface area contributed by atoms with Gasteiger partial charge in [0.25, 0.3) is 0 Å². The van der Waals surface area contributed by atoms with Crippen molar-refractivity contribution in [1.29, 1.82) is 0 Å². The number of piperidine rings is 1. The number of benzene rings is 2. The number of imide groups is 1. The van der Waals surface area contributed by atoms with Crippen molar-refractivity contribution in [2.45, 2.75) is 44.8 Å². The lowest BCUT2D eigenvalue weighted by Crippen LogP contribution is -2.43. The van der Waals surface area contributed by atoms with Crippen molar-refractivity contribution in [2.75, 3.05) is 13.1 Å². The molecule has 0 radical (unpaired) electrons. The molecule has 0 aromatic heterocycles. The Bertz CT molecular complexity index is 764. The number of likely N-dealkylation sites (tertiary alicyclic amines) is 1. The highest BCUT2D eigenvalue weighted by molar-refractivity contribution is 5.91. The van der Waals surface area contributed by atoms with Crippen LogP contribution in [0.1, 0.15) is 43.4 Å². The molecule has 5 heteroatoms. The largest absolute Gasteiger partial charge is 0.446 e. The van der Waals surface area contributed by atoms with Crippen molar-refractivity contribution in [3.8, 4) is 0 Å².